The standard InChI is InChI=1S/C11H18N2O3/c1-3-5-9(11(14)15)12-7-10-13-6-8(4-2)16-10/h6,9,12H,3-5,7H2,1-2H3,(H,14,15). The summed E-state index contributed by atoms with van der Waals surface area (Å²) in [5.74, 6) is 0.530. The predicted octanol–water partition coefficient (Wildman–Crippen LogP) is 1.58. The first-order valence-electron chi connectivity index (χ1n) is 5.57. The molecule has 0 amide bonds. The predicted molar refractivity (Wildman–Crippen MR) is 59.1 cm³/mol. The summed E-state index contributed by atoms with van der Waals surface area (Å²) in [5.41, 5.74) is 0. The average Bonchev–Trinajstić information content (AvgIpc) is 2.71. The van der Waals surface area contributed by atoms with Crippen molar-refractivity contribution in [2.45, 2.75) is 45.7 Å². The fraction of sp³-hybridized carbons (Fsp3) is 0.636. The van der Waals surface area contributed by atoms with Crippen LogP contribution in [0.3, 0.4) is 0 Å². The van der Waals surface area contributed by atoms with Gasteiger partial charge in [0.25, 0.3) is 0 Å². The lowest BCUT2D eigenvalue weighted by molar-refractivity contribution is -0.139. The Bertz CT molecular complexity index is 336. The van der Waals surface area contributed by atoms with Gasteiger partial charge in [-0.05, 0) is 6.42 Å². The van der Waals surface area contributed by atoms with Crippen LogP contribution in [0.25, 0.3) is 0 Å². The highest BCUT2D eigenvalue weighted by molar-refractivity contribution is 5.73. The van der Waals surface area contributed by atoms with Crippen LogP contribution in [-0.4, -0.2) is 22.1 Å². The van der Waals surface area contributed by atoms with Crippen molar-refractivity contribution in [2.24, 2.45) is 0 Å². The maximum absolute atomic E-state index is 10.9. The molecule has 1 aromatic heterocycles. The van der Waals surface area contributed by atoms with Crippen LogP contribution in [0, 0.1) is 0 Å². The first-order valence-corrected chi connectivity index (χ1v) is 5.57. The van der Waals surface area contributed by atoms with Gasteiger partial charge < -0.3 is 9.52 Å². The Kier molecular flexibility index (Phi) is 4.98. The fourth-order valence-corrected chi connectivity index (χ4v) is 1.41. The van der Waals surface area contributed by atoms with Crippen molar-refractivity contribution < 1.29 is 14.3 Å². The van der Waals surface area contributed by atoms with Crippen LogP contribution in [0.4, 0.5) is 0 Å². The number of carboxylic acid groups (broad SMARTS) is 1. The molecule has 2 N–H and O–H groups in total. The van der Waals surface area contributed by atoms with E-state index >= 15 is 0 Å². The molecule has 1 unspecified atom stereocenters. The number of aliphatic carboxylic acids is 1. The lowest BCUT2D eigenvalue weighted by atomic mass is 10.2. The van der Waals surface area contributed by atoms with Crippen molar-refractivity contribution in [2.75, 3.05) is 0 Å². The number of aromatic nitrogens is 1. The highest BCUT2D eigenvalue weighted by Gasteiger charge is 2.16. The lowest BCUT2D eigenvalue weighted by Crippen LogP contribution is -2.36. The molecule has 5 nitrogen and oxygen atoms in total. The van der Waals surface area contributed by atoms with E-state index in [9.17, 15) is 4.79 Å². The van der Waals surface area contributed by atoms with Crippen molar-refractivity contribution in [3.8, 4) is 0 Å². The maximum Gasteiger partial charge on any atom is 0.320 e. The molecule has 0 radical (unpaired) electrons. The van der Waals surface area contributed by atoms with Crippen molar-refractivity contribution in [3.05, 3.63) is 17.8 Å². The van der Waals surface area contributed by atoms with E-state index in [1.54, 1.807) is 6.20 Å². The second-order valence-corrected chi connectivity index (χ2v) is 3.63. The van der Waals surface area contributed by atoms with Gasteiger partial charge in [0, 0.05) is 6.42 Å². The lowest BCUT2D eigenvalue weighted by Gasteiger charge is -2.11. The van der Waals surface area contributed by atoms with Crippen LogP contribution < -0.4 is 5.32 Å². The molecular weight excluding hydrogens is 208 g/mol. The molecule has 1 heterocycles. The molecule has 1 aromatic rings. The second-order valence-electron chi connectivity index (χ2n) is 3.63. The van der Waals surface area contributed by atoms with Crippen LogP contribution in [0.15, 0.2) is 10.6 Å². The van der Waals surface area contributed by atoms with Gasteiger partial charge in [0.2, 0.25) is 5.89 Å². The molecular formula is C11H18N2O3. The smallest absolute Gasteiger partial charge is 0.320 e. The summed E-state index contributed by atoms with van der Waals surface area (Å²) in [5, 5.41) is 11.8. The number of nitrogens with zero attached hydrogens (tertiary/aromatic N) is 1. The average molecular weight is 226 g/mol. The SMILES string of the molecule is CCCC(NCc1ncc(CC)o1)C(=O)O. The van der Waals surface area contributed by atoms with Crippen molar-refractivity contribution in [3.63, 3.8) is 0 Å². The monoisotopic (exact) mass is 226 g/mol. The number of carbonyl (C=O) groups is 1. The summed E-state index contributed by atoms with van der Waals surface area (Å²) in [6.45, 7) is 4.30. The summed E-state index contributed by atoms with van der Waals surface area (Å²) in [6, 6.07) is -0.526. The molecule has 1 atom stereocenters. The van der Waals surface area contributed by atoms with E-state index in [-0.39, 0.29) is 0 Å². The molecule has 0 saturated carbocycles. The molecule has 0 spiro atoms. The van der Waals surface area contributed by atoms with Crippen LogP contribution in [0.2, 0.25) is 0 Å². The zero-order chi connectivity index (χ0) is 12.0. The topological polar surface area (TPSA) is 75.4 Å². The van der Waals surface area contributed by atoms with E-state index in [1.807, 2.05) is 13.8 Å². The summed E-state index contributed by atoms with van der Waals surface area (Å²) >= 11 is 0. The highest BCUT2D eigenvalue weighted by atomic mass is 16.4. The van der Waals surface area contributed by atoms with Crippen LogP contribution >= 0.6 is 0 Å². The third-order valence-corrected chi connectivity index (χ3v) is 2.33. The second kappa shape index (κ2) is 6.27. The normalized spacial score (nSPS) is 12.6. The molecule has 1 rings (SSSR count). The summed E-state index contributed by atoms with van der Waals surface area (Å²) in [4.78, 5) is 14.9. The molecule has 0 aliphatic rings. The largest absolute Gasteiger partial charge is 0.480 e. The third kappa shape index (κ3) is 3.66. The van der Waals surface area contributed by atoms with Gasteiger partial charge >= 0.3 is 5.97 Å². The van der Waals surface area contributed by atoms with Gasteiger partial charge in [-0.3, -0.25) is 10.1 Å². The van der Waals surface area contributed by atoms with Gasteiger partial charge in [-0.15, -0.1) is 0 Å². The number of carboxylic acids is 1. The molecule has 0 saturated heterocycles. The molecule has 90 valence electrons. The summed E-state index contributed by atoms with van der Waals surface area (Å²) in [7, 11) is 0. The Morgan fingerprint density at radius 2 is 2.38 bits per heavy atom. The number of rotatable bonds is 7. The highest BCUT2D eigenvalue weighted by Crippen LogP contribution is 2.05. The summed E-state index contributed by atoms with van der Waals surface area (Å²) in [6.07, 6.45) is 3.91. The molecule has 0 bridgehead atoms. The Morgan fingerprint density at radius 3 is 2.88 bits per heavy atom. The maximum atomic E-state index is 10.9. The Balaban J connectivity index is 2.45. The van der Waals surface area contributed by atoms with Gasteiger partial charge in [-0.1, -0.05) is 20.3 Å². The quantitative estimate of drug-likeness (QED) is 0.738. The van der Waals surface area contributed by atoms with E-state index in [2.05, 4.69) is 10.3 Å². The number of nitrogens with one attached hydrogen (secondary N) is 1. The molecule has 0 aliphatic heterocycles. The van der Waals surface area contributed by atoms with E-state index in [4.69, 9.17) is 9.52 Å². The first kappa shape index (κ1) is 12.7. The minimum Gasteiger partial charge on any atom is -0.480 e. The van der Waals surface area contributed by atoms with Gasteiger partial charge in [-0.2, -0.15) is 0 Å². The fourth-order valence-electron chi connectivity index (χ4n) is 1.41. The molecule has 16 heavy (non-hydrogen) atoms. The van der Waals surface area contributed by atoms with Crippen molar-refractivity contribution in [1.29, 1.82) is 0 Å². The number of hydrogen-bond acceptors (Lipinski definition) is 4. The molecule has 0 aliphatic carbocycles. The van der Waals surface area contributed by atoms with E-state index in [1.165, 1.54) is 0 Å². The molecule has 0 fully saturated rings. The first-order chi connectivity index (χ1) is 7.67. The minimum absolute atomic E-state index is 0.358. The Labute approximate surface area is 94.9 Å². The van der Waals surface area contributed by atoms with Gasteiger partial charge in [0.05, 0.1) is 12.7 Å². The number of aryl methyl sites for hydroxylation is 1. The van der Waals surface area contributed by atoms with E-state index < -0.39 is 12.0 Å². The Morgan fingerprint density at radius 1 is 1.62 bits per heavy atom. The van der Waals surface area contributed by atoms with E-state index in [0.29, 0.717) is 18.9 Å². The van der Waals surface area contributed by atoms with Gasteiger partial charge in [0.15, 0.2) is 0 Å². The van der Waals surface area contributed by atoms with Gasteiger partial charge in [-0.25, -0.2) is 4.98 Å². The molecule has 5 heteroatoms. The van der Waals surface area contributed by atoms with Gasteiger partial charge in [0.1, 0.15) is 11.8 Å². The number of oxazole rings is 1. The van der Waals surface area contributed by atoms with Crippen molar-refractivity contribution in [1.82, 2.24) is 10.3 Å². The van der Waals surface area contributed by atoms with Crippen molar-refractivity contribution >= 4 is 5.97 Å². The Hall–Kier alpha value is -1.36. The third-order valence-electron chi connectivity index (χ3n) is 2.33. The minimum atomic E-state index is -0.830. The van der Waals surface area contributed by atoms with Crippen LogP contribution in [-0.2, 0) is 17.8 Å². The zero-order valence-electron chi connectivity index (χ0n) is 9.69. The zero-order valence-corrected chi connectivity index (χ0v) is 9.69. The van der Waals surface area contributed by atoms with Crippen LogP contribution in [0.5, 0.6) is 0 Å². The molecule has 0 aromatic carbocycles. The summed E-state index contributed by atoms with van der Waals surface area (Å²) < 4.78 is 5.37. The van der Waals surface area contributed by atoms with E-state index in [0.717, 1.165) is 18.6 Å². The number of hydrogen-bond donors (Lipinski definition) is 2. The van der Waals surface area contributed by atoms with Crippen LogP contribution in [0.1, 0.15) is 38.3 Å².